The topological polar surface area (TPSA) is 19.9 Å². The third kappa shape index (κ3) is 3.03. The molecule has 0 aliphatic heterocycles. The molecule has 0 aromatic heterocycles. The summed E-state index contributed by atoms with van der Waals surface area (Å²) in [5.41, 5.74) is 2.43. The lowest BCUT2D eigenvalue weighted by Gasteiger charge is -2.04. The van der Waals surface area contributed by atoms with Crippen LogP contribution in [0.3, 0.4) is 0 Å². The van der Waals surface area contributed by atoms with E-state index in [9.17, 15) is 5.11 Å². The fourth-order valence-electron chi connectivity index (χ4n) is 1.18. The molecule has 0 fully saturated rings. The number of hydrogen-bond acceptors (Lipinski definition) is 0. The van der Waals surface area contributed by atoms with Crippen LogP contribution in [-0.2, 0) is 5.11 Å². The van der Waals surface area contributed by atoms with E-state index >= 15 is 0 Å². The molecule has 0 bridgehead atoms. The zero-order valence-corrected chi connectivity index (χ0v) is 8.16. The quantitative estimate of drug-likeness (QED) is 0.672. The van der Waals surface area contributed by atoms with Gasteiger partial charge in [0.15, 0.2) is 0 Å². The summed E-state index contributed by atoms with van der Waals surface area (Å²) < 4.78 is 0. The first-order valence-electron chi connectivity index (χ1n) is 4.58. The Morgan fingerprint density at radius 3 is 2.31 bits per heavy atom. The van der Waals surface area contributed by atoms with E-state index in [1.165, 1.54) is 5.56 Å². The fraction of sp³-hybridized carbons (Fsp3) is 0.333. The van der Waals surface area contributed by atoms with Crippen molar-refractivity contribution in [2.45, 2.75) is 19.8 Å². The number of rotatable bonds is 3. The molecule has 0 saturated carbocycles. The van der Waals surface area contributed by atoms with Gasteiger partial charge in [0, 0.05) is 0 Å². The molecule has 0 N–H and O–H groups in total. The van der Waals surface area contributed by atoms with Crippen molar-refractivity contribution in [1.82, 2.24) is 0 Å². The highest BCUT2D eigenvalue weighted by atomic mass is 16.2. The average Bonchev–Trinajstić information content (AvgIpc) is 2.15. The second-order valence-electron chi connectivity index (χ2n) is 3.39. The van der Waals surface area contributed by atoms with Crippen LogP contribution < -0.4 is 0 Å². The molecule has 0 aliphatic carbocycles. The molecular formula is C12H15O. The van der Waals surface area contributed by atoms with Gasteiger partial charge in [0.25, 0.3) is 0 Å². The second-order valence-corrected chi connectivity index (χ2v) is 3.39. The molecule has 0 spiro atoms. The summed E-state index contributed by atoms with van der Waals surface area (Å²) >= 11 is 0. The Kier molecular flexibility index (Phi) is 3.71. The summed E-state index contributed by atoms with van der Waals surface area (Å²) in [6.07, 6.45) is 3.49. The molecule has 1 nitrogen and oxygen atoms in total. The Hall–Kier alpha value is -1.08. The van der Waals surface area contributed by atoms with Crippen LogP contribution in [0.25, 0.3) is 6.08 Å². The van der Waals surface area contributed by atoms with Gasteiger partial charge in [-0.05, 0) is 17.0 Å². The molecule has 0 unspecified atom stereocenters. The van der Waals surface area contributed by atoms with E-state index in [0.29, 0.717) is 5.92 Å². The minimum absolute atomic E-state index is 0.147. The van der Waals surface area contributed by atoms with E-state index in [2.05, 4.69) is 26.0 Å². The maximum absolute atomic E-state index is 10.2. The largest absolute Gasteiger partial charge is 0.232 e. The van der Waals surface area contributed by atoms with Crippen molar-refractivity contribution in [3.05, 3.63) is 41.5 Å². The Balaban J connectivity index is 2.75. The third-order valence-electron chi connectivity index (χ3n) is 2.01. The van der Waals surface area contributed by atoms with Crippen LogP contribution >= 0.6 is 0 Å². The highest BCUT2D eigenvalue weighted by Gasteiger charge is 1.96. The Morgan fingerprint density at radius 1 is 1.23 bits per heavy atom. The Labute approximate surface area is 79.7 Å². The molecule has 1 aromatic rings. The summed E-state index contributed by atoms with van der Waals surface area (Å²) in [5, 5.41) is 10.2. The molecule has 0 heterocycles. The number of hydrogen-bond donors (Lipinski definition) is 0. The van der Waals surface area contributed by atoms with E-state index < -0.39 is 0 Å². The van der Waals surface area contributed by atoms with Crippen LogP contribution in [0, 0.1) is 0 Å². The lowest BCUT2D eigenvalue weighted by atomic mass is 10.0. The maximum atomic E-state index is 10.2. The fourth-order valence-corrected chi connectivity index (χ4v) is 1.18. The van der Waals surface area contributed by atoms with Crippen LogP contribution in [0.15, 0.2) is 30.3 Å². The van der Waals surface area contributed by atoms with Crippen LogP contribution in [0.1, 0.15) is 30.9 Å². The molecule has 0 saturated heterocycles. The van der Waals surface area contributed by atoms with Crippen molar-refractivity contribution in [3.63, 3.8) is 0 Å². The molecular weight excluding hydrogens is 160 g/mol. The van der Waals surface area contributed by atoms with Gasteiger partial charge in [-0.3, -0.25) is 0 Å². The predicted molar refractivity (Wildman–Crippen MR) is 55.1 cm³/mol. The third-order valence-corrected chi connectivity index (χ3v) is 2.01. The van der Waals surface area contributed by atoms with Gasteiger partial charge in [-0.25, -0.2) is 5.11 Å². The molecule has 1 rings (SSSR count). The molecule has 0 atom stereocenters. The van der Waals surface area contributed by atoms with Crippen molar-refractivity contribution in [1.29, 1.82) is 0 Å². The standard InChI is InChI=1S/C12H15O/c1-10(2)12-7-5-11(6-8-12)4-3-9-13/h3-8,10H,9H2,1-2H3. The summed E-state index contributed by atoms with van der Waals surface area (Å²) in [6, 6.07) is 8.30. The molecule has 13 heavy (non-hydrogen) atoms. The first kappa shape index (κ1) is 10.0. The lowest BCUT2D eigenvalue weighted by molar-refractivity contribution is 0.233. The molecule has 69 valence electrons. The van der Waals surface area contributed by atoms with Gasteiger partial charge in [0.1, 0.15) is 6.61 Å². The normalized spacial score (nSPS) is 11.4. The summed E-state index contributed by atoms with van der Waals surface area (Å²) in [7, 11) is 0. The van der Waals surface area contributed by atoms with Gasteiger partial charge in [-0.15, -0.1) is 0 Å². The second kappa shape index (κ2) is 4.83. The predicted octanol–water partition coefficient (Wildman–Crippen LogP) is 3.25. The maximum Gasteiger partial charge on any atom is 0.101 e. The minimum Gasteiger partial charge on any atom is -0.232 e. The van der Waals surface area contributed by atoms with Gasteiger partial charge in [0.2, 0.25) is 0 Å². The zero-order chi connectivity index (χ0) is 9.68. The van der Waals surface area contributed by atoms with E-state index in [0.717, 1.165) is 5.56 Å². The highest BCUT2D eigenvalue weighted by molar-refractivity contribution is 5.49. The number of benzene rings is 1. The smallest absolute Gasteiger partial charge is 0.101 e. The first-order chi connectivity index (χ1) is 6.24. The van der Waals surface area contributed by atoms with Crippen molar-refractivity contribution in [2.24, 2.45) is 0 Å². The molecule has 0 aliphatic rings. The average molecular weight is 175 g/mol. The Bertz CT molecular complexity index is 270. The molecule has 1 aromatic carbocycles. The van der Waals surface area contributed by atoms with E-state index in [1.54, 1.807) is 6.08 Å². The van der Waals surface area contributed by atoms with Gasteiger partial charge in [0.05, 0.1) is 0 Å². The van der Waals surface area contributed by atoms with Crippen molar-refractivity contribution in [2.75, 3.05) is 6.61 Å². The van der Waals surface area contributed by atoms with Crippen molar-refractivity contribution < 1.29 is 5.11 Å². The molecule has 1 radical (unpaired) electrons. The van der Waals surface area contributed by atoms with E-state index in [-0.39, 0.29) is 6.61 Å². The summed E-state index contributed by atoms with van der Waals surface area (Å²) in [6.45, 7) is 4.19. The van der Waals surface area contributed by atoms with Gasteiger partial charge in [-0.2, -0.15) is 0 Å². The van der Waals surface area contributed by atoms with Crippen LogP contribution in [0.5, 0.6) is 0 Å². The summed E-state index contributed by atoms with van der Waals surface area (Å²) in [4.78, 5) is 0. The molecule has 0 amide bonds. The van der Waals surface area contributed by atoms with Crippen LogP contribution in [0.4, 0.5) is 0 Å². The van der Waals surface area contributed by atoms with Crippen LogP contribution in [0.2, 0.25) is 0 Å². The summed E-state index contributed by atoms with van der Waals surface area (Å²) in [5.74, 6) is 0.567. The monoisotopic (exact) mass is 175 g/mol. The van der Waals surface area contributed by atoms with Gasteiger partial charge in [-0.1, -0.05) is 50.3 Å². The Morgan fingerprint density at radius 2 is 1.85 bits per heavy atom. The van der Waals surface area contributed by atoms with Crippen LogP contribution in [-0.4, -0.2) is 6.61 Å². The van der Waals surface area contributed by atoms with Crippen molar-refractivity contribution >= 4 is 6.08 Å². The van der Waals surface area contributed by atoms with Gasteiger partial charge >= 0.3 is 0 Å². The minimum atomic E-state index is -0.147. The zero-order valence-electron chi connectivity index (χ0n) is 8.16. The lowest BCUT2D eigenvalue weighted by Crippen LogP contribution is -1.85. The van der Waals surface area contributed by atoms with E-state index in [1.807, 2.05) is 18.2 Å². The van der Waals surface area contributed by atoms with E-state index in [4.69, 9.17) is 0 Å². The first-order valence-corrected chi connectivity index (χ1v) is 4.58. The van der Waals surface area contributed by atoms with Gasteiger partial charge < -0.3 is 0 Å². The molecule has 1 heteroatoms. The SMILES string of the molecule is CC(C)c1ccc(C=CC[O])cc1. The highest BCUT2D eigenvalue weighted by Crippen LogP contribution is 2.15. The van der Waals surface area contributed by atoms with Crippen molar-refractivity contribution in [3.8, 4) is 0 Å².